The zero-order valence-electron chi connectivity index (χ0n) is 16.7. The summed E-state index contributed by atoms with van der Waals surface area (Å²) < 4.78 is 0. The summed E-state index contributed by atoms with van der Waals surface area (Å²) in [6.07, 6.45) is -0.387. The van der Waals surface area contributed by atoms with Gasteiger partial charge in [-0.15, -0.1) is 0 Å². The quantitative estimate of drug-likeness (QED) is 0.256. The first-order valence-corrected chi connectivity index (χ1v) is 10.2. The molecule has 1 heterocycles. The third kappa shape index (κ3) is 7.50. The van der Waals surface area contributed by atoms with Crippen LogP contribution in [-0.2, 0) is 30.4 Å². The van der Waals surface area contributed by atoms with E-state index in [4.69, 9.17) is 28.9 Å². The summed E-state index contributed by atoms with van der Waals surface area (Å²) >= 11 is 12.0. The summed E-state index contributed by atoms with van der Waals surface area (Å²) in [6.45, 7) is 0. The minimum absolute atomic E-state index is 0.177. The van der Waals surface area contributed by atoms with Crippen LogP contribution in [0.5, 0.6) is 0 Å². The van der Waals surface area contributed by atoms with Crippen LogP contribution in [-0.4, -0.2) is 52.7 Å². The van der Waals surface area contributed by atoms with Crippen molar-refractivity contribution in [1.29, 1.82) is 0 Å². The molecule has 1 aromatic rings. The van der Waals surface area contributed by atoms with Gasteiger partial charge in [0.25, 0.3) is 0 Å². The Morgan fingerprint density at radius 1 is 1.25 bits per heavy atom. The zero-order chi connectivity index (χ0) is 23.8. The summed E-state index contributed by atoms with van der Waals surface area (Å²) in [6, 6.07) is 2.58. The van der Waals surface area contributed by atoms with Gasteiger partial charge in [0, 0.05) is 22.9 Å². The van der Waals surface area contributed by atoms with Crippen LogP contribution in [0, 0.1) is 0 Å². The Morgan fingerprint density at radius 2 is 1.91 bits per heavy atom. The molecule has 0 bridgehead atoms. The van der Waals surface area contributed by atoms with Crippen molar-refractivity contribution in [1.82, 2.24) is 16.0 Å². The normalized spacial score (nSPS) is 16.8. The van der Waals surface area contributed by atoms with Crippen LogP contribution in [0.1, 0.15) is 31.2 Å². The summed E-state index contributed by atoms with van der Waals surface area (Å²) in [7, 11) is 0. The Bertz CT molecular complexity index is 947. The van der Waals surface area contributed by atoms with E-state index in [-0.39, 0.29) is 48.1 Å². The number of nitrogens with one attached hydrogen (secondary N) is 3. The van der Waals surface area contributed by atoms with Gasteiger partial charge in [0.15, 0.2) is 0 Å². The van der Waals surface area contributed by atoms with Gasteiger partial charge in [-0.05, 0) is 30.5 Å². The molecule has 6 N–H and O–H groups in total. The second kappa shape index (κ2) is 11.4. The molecule has 11 nitrogen and oxygen atoms in total. The molecule has 172 valence electrons. The van der Waals surface area contributed by atoms with Crippen molar-refractivity contribution in [3.63, 3.8) is 0 Å². The summed E-state index contributed by atoms with van der Waals surface area (Å²) in [5.74, 6) is -4.18. The number of aliphatic carboxylic acids is 1. The smallest absolute Gasteiger partial charge is 0.326 e. The van der Waals surface area contributed by atoms with Crippen molar-refractivity contribution < 1.29 is 29.1 Å². The van der Waals surface area contributed by atoms with Crippen LogP contribution < -0.4 is 21.7 Å². The molecule has 1 fully saturated rings. The van der Waals surface area contributed by atoms with E-state index in [0.29, 0.717) is 5.56 Å². The van der Waals surface area contributed by atoms with Crippen LogP contribution in [0.2, 0.25) is 10.0 Å². The van der Waals surface area contributed by atoms with E-state index < -0.39 is 41.7 Å². The Balaban J connectivity index is 1.85. The molecule has 32 heavy (non-hydrogen) atoms. The number of hydrogen-bond acceptors (Lipinski definition) is 5. The van der Waals surface area contributed by atoms with E-state index in [1.165, 1.54) is 0 Å². The third-order valence-corrected chi connectivity index (χ3v) is 5.19. The number of carbonyl (C=O) groups is 5. The van der Waals surface area contributed by atoms with Gasteiger partial charge in [-0.1, -0.05) is 29.3 Å². The fourth-order valence-corrected chi connectivity index (χ4v) is 3.41. The second-order valence-corrected chi connectivity index (χ2v) is 7.73. The molecule has 1 saturated heterocycles. The van der Waals surface area contributed by atoms with Crippen LogP contribution >= 0.6 is 23.2 Å². The highest BCUT2D eigenvalue weighted by Crippen LogP contribution is 2.24. The largest absolute Gasteiger partial charge is 0.480 e. The monoisotopic (exact) mass is 485 g/mol. The van der Waals surface area contributed by atoms with Crippen LogP contribution in [0.25, 0.3) is 0 Å². The first-order chi connectivity index (χ1) is 15.1. The maximum absolute atomic E-state index is 12.1. The lowest BCUT2D eigenvalue weighted by Crippen LogP contribution is -2.48. The van der Waals surface area contributed by atoms with Crippen molar-refractivity contribution in [2.45, 2.75) is 44.2 Å². The predicted molar refractivity (Wildman–Crippen MR) is 115 cm³/mol. The van der Waals surface area contributed by atoms with Crippen molar-refractivity contribution in [3.05, 3.63) is 33.8 Å². The van der Waals surface area contributed by atoms with Gasteiger partial charge in [0.1, 0.15) is 12.1 Å². The van der Waals surface area contributed by atoms with E-state index in [0.717, 1.165) is 0 Å². The average molecular weight is 486 g/mol. The first-order valence-electron chi connectivity index (χ1n) is 9.49. The molecule has 0 saturated carbocycles. The highest BCUT2D eigenvalue weighted by atomic mass is 35.5. The molecular formula is C19H21Cl2N5O6. The van der Waals surface area contributed by atoms with Gasteiger partial charge >= 0.3 is 5.97 Å². The zero-order valence-corrected chi connectivity index (χ0v) is 18.2. The minimum Gasteiger partial charge on any atom is -0.480 e. The number of carbonyl (C=O) groups excluding carboxylic acids is 4. The SMILES string of the molecule is NC(=NC(=O)CCC(NC(=O)C1CCC(=O)N1)C(=O)O)NC(=O)Cc1c(Cl)cccc1Cl. The lowest BCUT2D eigenvalue weighted by molar-refractivity contribution is -0.142. The van der Waals surface area contributed by atoms with Gasteiger partial charge in [-0.25, -0.2) is 4.79 Å². The highest BCUT2D eigenvalue weighted by Gasteiger charge is 2.30. The number of nitrogens with two attached hydrogens (primary N) is 1. The van der Waals surface area contributed by atoms with Gasteiger partial charge in [0.2, 0.25) is 29.6 Å². The Hall–Kier alpha value is -3.18. The van der Waals surface area contributed by atoms with E-state index >= 15 is 0 Å². The molecule has 0 aliphatic carbocycles. The lowest BCUT2D eigenvalue weighted by atomic mass is 10.1. The molecule has 1 aromatic carbocycles. The molecule has 4 amide bonds. The standard InChI is InChI=1S/C19H21Cl2N5O6/c20-10-2-1-3-11(21)9(10)8-16(29)26-19(22)25-15(28)7-5-13(18(31)32)24-17(30)12-4-6-14(27)23-12/h1-3,12-13H,4-8H2,(H,23,27)(H,24,30)(H,31,32)(H3,22,25,26,28,29). The van der Waals surface area contributed by atoms with Gasteiger partial charge in [-0.3, -0.25) is 24.5 Å². The lowest BCUT2D eigenvalue weighted by Gasteiger charge is -2.16. The number of amides is 4. The van der Waals surface area contributed by atoms with E-state index in [2.05, 4.69) is 20.9 Å². The van der Waals surface area contributed by atoms with E-state index in [9.17, 15) is 29.1 Å². The molecule has 0 radical (unpaired) electrons. The third-order valence-electron chi connectivity index (χ3n) is 4.48. The average Bonchev–Trinajstić information content (AvgIpc) is 3.14. The summed E-state index contributed by atoms with van der Waals surface area (Å²) in [5, 5.41) is 16.8. The Labute approximate surface area is 192 Å². The molecule has 0 aromatic heterocycles. The van der Waals surface area contributed by atoms with E-state index in [1.807, 2.05) is 0 Å². The molecular weight excluding hydrogens is 465 g/mol. The van der Waals surface area contributed by atoms with Gasteiger partial charge in [0.05, 0.1) is 6.42 Å². The number of halogens is 2. The van der Waals surface area contributed by atoms with Crippen LogP contribution in [0.15, 0.2) is 23.2 Å². The maximum Gasteiger partial charge on any atom is 0.326 e. The number of guanidine groups is 1. The number of carboxylic acid groups (broad SMARTS) is 1. The summed E-state index contributed by atoms with van der Waals surface area (Å²) in [5.41, 5.74) is 5.93. The number of benzene rings is 1. The molecule has 2 atom stereocenters. The van der Waals surface area contributed by atoms with Crippen molar-refractivity contribution in [2.75, 3.05) is 0 Å². The Kier molecular flexibility index (Phi) is 8.97. The Morgan fingerprint density at radius 3 is 2.47 bits per heavy atom. The van der Waals surface area contributed by atoms with Crippen molar-refractivity contribution in [3.8, 4) is 0 Å². The first kappa shape index (κ1) is 25.1. The predicted octanol–water partition coefficient (Wildman–Crippen LogP) is 0.122. The fraction of sp³-hybridized carbons (Fsp3) is 0.368. The van der Waals surface area contributed by atoms with Crippen LogP contribution in [0.3, 0.4) is 0 Å². The van der Waals surface area contributed by atoms with Gasteiger partial charge < -0.3 is 21.5 Å². The fourth-order valence-electron chi connectivity index (χ4n) is 2.88. The van der Waals surface area contributed by atoms with E-state index in [1.54, 1.807) is 18.2 Å². The molecule has 2 unspecified atom stereocenters. The molecule has 0 spiro atoms. The number of hydrogen-bond donors (Lipinski definition) is 5. The van der Waals surface area contributed by atoms with Crippen molar-refractivity contribution >= 4 is 58.8 Å². The molecule has 1 aliphatic rings. The number of carboxylic acids is 1. The molecule has 13 heteroatoms. The van der Waals surface area contributed by atoms with Crippen molar-refractivity contribution in [2.24, 2.45) is 10.7 Å². The number of aliphatic imine (C=N–C) groups is 1. The van der Waals surface area contributed by atoms with Gasteiger partial charge in [-0.2, -0.15) is 4.99 Å². The summed E-state index contributed by atoms with van der Waals surface area (Å²) in [4.78, 5) is 62.2. The highest BCUT2D eigenvalue weighted by molar-refractivity contribution is 6.36. The minimum atomic E-state index is -1.36. The second-order valence-electron chi connectivity index (χ2n) is 6.91. The molecule has 1 aliphatic heterocycles. The van der Waals surface area contributed by atoms with Crippen LogP contribution in [0.4, 0.5) is 0 Å². The molecule has 2 rings (SSSR count). The number of nitrogens with zero attached hydrogens (tertiary/aromatic N) is 1. The maximum atomic E-state index is 12.1. The topological polar surface area (TPSA) is 180 Å². The number of rotatable bonds is 8.